The number of unbranched alkanes of at least 4 members (excludes halogenated alkanes) is 2. The van der Waals surface area contributed by atoms with E-state index in [4.69, 9.17) is 9.47 Å². The van der Waals surface area contributed by atoms with Crippen LogP contribution >= 0.6 is 7.80 Å². The number of hydrogen-bond acceptors (Lipinski definition) is 4. The zero-order chi connectivity index (χ0) is 18.3. The van der Waals surface area contributed by atoms with Crippen molar-refractivity contribution in [2.24, 2.45) is 0 Å². The quantitative estimate of drug-likeness (QED) is 0.324. The van der Waals surface area contributed by atoms with E-state index in [0.29, 0.717) is 36.1 Å². The molecule has 1 aliphatic carbocycles. The van der Waals surface area contributed by atoms with Gasteiger partial charge in [-0.25, -0.2) is 0 Å². The van der Waals surface area contributed by atoms with Crippen molar-refractivity contribution in [3.63, 3.8) is 0 Å². The van der Waals surface area contributed by atoms with E-state index in [9.17, 15) is 9.36 Å². The minimum absolute atomic E-state index is 0.0564. The Kier molecular flexibility index (Phi) is 7.43. The van der Waals surface area contributed by atoms with Crippen molar-refractivity contribution in [1.82, 2.24) is 0 Å². The van der Waals surface area contributed by atoms with Gasteiger partial charge in [0.15, 0.2) is 5.78 Å². The molecule has 0 aromatic heterocycles. The molecule has 1 unspecified atom stereocenters. The summed E-state index contributed by atoms with van der Waals surface area (Å²) < 4.78 is 24.1. The second kappa shape index (κ2) is 9.33. The first-order valence-corrected chi connectivity index (χ1v) is 10.8. The molecule has 1 aromatic carbocycles. The highest BCUT2D eigenvalue weighted by Crippen LogP contribution is 2.53. The molecular weight excluding hydrogens is 335 g/mol. The molecule has 0 spiro atoms. The fourth-order valence-corrected chi connectivity index (χ4v) is 5.85. The zero-order valence-electron chi connectivity index (χ0n) is 15.7. The van der Waals surface area contributed by atoms with Crippen LogP contribution in [0.1, 0.15) is 68.6 Å². The second-order valence-corrected chi connectivity index (χ2v) is 8.83. The third-order valence-corrected chi connectivity index (χ3v) is 7.53. The first kappa shape index (κ1) is 19.9. The summed E-state index contributed by atoms with van der Waals surface area (Å²) in [6, 6.07) is 5.36. The summed E-state index contributed by atoms with van der Waals surface area (Å²) in [6.07, 6.45) is 8.12. The number of Topliss-reactive ketones (excluding diaryl/α,β-unsaturated/α-hetero) is 1. The van der Waals surface area contributed by atoms with E-state index in [-0.39, 0.29) is 5.78 Å². The van der Waals surface area contributed by atoms with Gasteiger partial charge in [-0.15, -0.1) is 0 Å². The smallest absolute Gasteiger partial charge is 0.187 e. The third kappa shape index (κ3) is 4.23. The van der Waals surface area contributed by atoms with E-state index in [1.165, 1.54) is 0 Å². The topological polar surface area (TPSA) is 52.6 Å². The summed E-state index contributed by atoms with van der Waals surface area (Å²) in [4.78, 5) is 13.6. The van der Waals surface area contributed by atoms with Gasteiger partial charge in [-0.05, 0) is 31.4 Å². The molecule has 4 nitrogen and oxygen atoms in total. The predicted molar refractivity (Wildman–Crippen MR) is 102 cm³/mol. The number of methoxy groups -OCH3 is 2. The Morgan fingerprint density at radius 2 is 1.68 bits per heavy atom. The van der Waals surface area contributed by atoms with Crippen molar-refractivity contribution >= 4 is 13.6 Å². The van der Waals surface area contributed by atoms with Crippen LogP contribution in [0.4, 0.5) is 0 Å². The monoisotopic (exact) mass is 365 g/mol. The fourth-order valence-electron chi connectivity index (χ4n) is 3.75. The maximum absolute atomic E-state index is 13.6. The largest absolute Gasteiger partial charge is 0.496 e. The molecule has 1 aliphatic rings. The highest BCUT2D eigenvalue weighted by molar-refractivity contribution is 7.48. The van der Waals surface area contributed by atoms with E-state index >= 15 is 0 Å². The van der Waals surface area contributed by atoms with Gasteiger partial charge in [0, 0.05) is 6.16 Å². The van der Waals surface area contributed by atoms with E-state index < -0.39 is 13.0 Å². The Hall–Kier alpha value is -1.41. The van der Waals surface area contributed by atoms with Crippen LogP contribution < -0.4 is 9.47 Å². The van der Waals surface area contributed by atoms with Gasteiger partial charge >= 0.3 is 0 Å². The van der Waals surface area contributed by atoms with E-state index in [0.717, 1.165) is 38.5 Å². The Morgan fingerprint density at radius 3 is 2.20 bits per heavy atom. The number of hydrogen-bond donors (Lipinski definition) is 0. The molecule has 139 valence electrons. The summed E-state index contributed by atoms with van der Waals surface area (Å²) in [7, 11) is 1.51. The minimum atomic E-state index is -1.60. The Balaban J connectivity index is 2.41. The standard InChI is InChI=1S/C20H30O4P/c1-4-5-9-15-25(22)20(13-7-6-8-14-20)19(21)18-16(23-2)11-10-12-17(18)24-3/h10-12H,4-9,13-15H2,1-3H3. The second-order valence-electron chi connectivity index (χ2n) is 6.77. The van der Waals surface area contributed by atoms with Crippen LogP contribution in [0.25, 0.3) is 0 Å². The van der Waals surface area contributed by atoms with Crippen molar-refractivity contribution in [2.45, 2.75) is 63.4 Å². The van der Waals surface area contributed by atoms with E-state index in [1.807, 2.05) is 6.07 Å². The molecule has 2 rings (SSSR count). The molecule has 0 amide bonds. The number of rotatable bonds is 9. The highest BCUT2D eigenvalue weighted by atomic mass is 31.1. The van der Waals surface area contributed by atoms with Crippen LogP contribution in [0.15, 0.2) is 18.2 Å². The van der Waals surface area contributed by atoms with Crippen molar-refractivity contribution < 1.29 is 18.8 Å². The summed E-state index contributed by atoms with van der Waals surface area (Å²) in [5.41, 5.74) is 0.452. The summed E-state index contributed by atoms with van der Waals surface area (Å²) >= 11 is 0. The van der Waals surface area contributed by atoms with Crippen LogP contribution in [0.2, 0.25) is 0 Å². The minimum Gasteiger partial charge on any atom is -0.496 e. The van der Waals surface area contributed by atoms with Gasteiger partial charge < -0.3 is 9.47 Å². The number of benzene rings is 1. The molecule has 1 atom stereocenters. The molecule has 5 heteroatoms. The maximum Gasteiger partial charge on any atom is 0.187 e. The first-order valence-electron chi connectivity index (χ1n) is 9.31. The van der Waals surface area contributed by atoms with E-state index in [1.54, 1.807) is 26.4 Å². The highest BCUT2D eigenvalue weighted by Gasteiger charge is 2.47. The molecule has 0 saturated heterocycles. The Labute approximate surface area is 152 Å². The summed E-state index contributed by atoms with van der Waals surface area (Å²) in [5, 5.41) is -0.761. The van der Waals surface area contributed by atoms with Crippen molar-refractivity contribution in [1.29, 1.82) is 0 Å². The van der Waals surface area contributed by atoms with Crippen molar-refractivity contribution in [2.75, 3.05) is 20.4 Å². The van der Waals surface area contributed by atoms with E-state index in [2.05, 4.69) is 6.92 Å². The molecule has 1 aromatic rings. The van der Waals surface area contributed by atoms with Crippen LogP contribution in [0, 0.1) is 0 Å². The van der Waals surface area contributed by atoms with Gasteiger partial charge in [0.2, 0.25) is 0 Å². The number of ketones is 1. The van der Waals surface area contributed by atoms with Gasteiger partial charge in [-0.2, -0.15) is 0 Å². The molecule has 25 heavy (non-hydrogen) atoms. The lowest BCUT2D eigenvalue weighted by molar-refractivity contribution is 0.0906. The molecule has 0 bridgehead atoms. The van der Waals surface area contributed by atoms with Crippen LogP contribution in [0.3, 0.4) is 0 Å². The van der Waals surface area contributed by atoms with Gasteiger partial charge in [0.05, 0.1) is 22.0 Å². The normalized spacial score (nSPS) is 17.0. The van der Waals surface area contributed by atoms with Crippen LogP contribution in [-0.2, 0) is 4.57 Å². The lowest BCUT2D eigenvalue weighted by Gasteiger charge is -2.35. The Morgan fingerprint density at radius 1 is 1.08 bits per heavy atom. The first-order chi connectivity index (χ1) is 12.1. The SMILES string of the molecule is CCCCC[P](=O)C1(C(=O)c2c(OC)cccc2OC)CCCCC1. The maximum atomic E-state index is 13.6. The molecule has 0 heterocycles. The number of carbonyl (C=O) groups excluding carboxylic acids is 1. The average molecular weight is 365 g/mol. The van der Waals surface area contributed by atoms with Crippen molar-refractivity contribution in [3.05, 3.63) is 23.8 Å². The van der Waals surface area contributed by atoms with Crippen LogP contribution in [0.5, 0.6) is 11.5 Å². The number of ether oxygens (including phenoxy) is 2. The predicted octanol–water partition coefficient (Wildman–Crippen LogP) is 5.61. The summed E-state index contributed by atoms with van der Waals surface area (Å²) in [5.74, 6) is 0.955. The zero-order valence-corrected chi connectivity index (χ0v) is 16.6. The van der Waals surface area contributed by atoms with Gasteiger partial charge in [-0.3, -0.25) is 9.36 Å². The van der Waals surface area contributed by atoms with Gasteiger partial charge in [0.25, 0.3) is 0 Å². The lowest BCUT2D eigenvalue weighted by Crippen LogP contribution is -2.38. The number of carbonyl (C=O) groups is 1. The van der Waals surface area contributed by atoms with Crippen molar-refractivity contribution in [3.8, 4) is 11.5 Å². The fraction of sp³-hybridized carbons (Fsp3) is 0.650. The molecule has 1 saturated carbocycles. The van der Waals surface area contributed by atoms with Gasteiger partial charge in [-0.1, -0.05) is 45.1 Å². The lowest BCUT2D eigenvalue weighted by atomic mass is 9.82. The average Bonchev–Trinajstić information content (AvgIpc) is 2.67. The summed E-state index contributed by atoms with van der Waals surface area (Å²) in [6.45, 7) is 2.13. The molecule has 0 N–H and O–H groups in total. The molecular formula is C20H30O4P. The van der Waals surface area contributed by atoms with Crippen LogP contribution in [-0.4, -0.2) is 31.3 Å². The Bertz CT molecular complexity index is 583. The molecule has 1 fully saturated rings. The third-order valence-electron chi connectivity index (χ3n) is 5.20. The molecule has 0 aliphatic heterocycles. The van der Waals surface area contributed by atoms with Gasteiger partial charge in [0.1, 0.15) is 22.2 Å². The molecule has 1 radical (unpaired) electrons.